The Kier molecular flexibility index (Phi) is 8.54. The molecule has 2 aromatic carbocycles. The van der Waals surface area contributed by atoms with Crippen LogP contribution in [0.5, 0.6) is 0 Å². The molecule has 0 saturated carbocycles. The smallest absolute Gasteiger partial charge is 0.288 e. The van der Waals surface area contributed by atoms with E-state index in [4.69, 9.17) is 23.2 Å². The first kappa shape index (κ1) is 25.5. The van der Waals surface area contributed by atoms with Crippen molar-refractivity contribution in [3.63, 3.8) is 0 Å². The van der Waals surface area contributed by atoms with E-state index in [1.54, 1.807) is 12.1 Å². The van der Waals surface area contributed by atoms with Crippen molar-refractivity contribution in [2.24, 2.45) is 0 Å². The summed E-state index contributed by atoms with van der Waals surface area (Å²) in [7, 11) is 0. The van der Waals surface area contributed by atoms with E-state index in [1.807, 2.05) is 26.0 Å². The fourth-order valence-corrected chi connectivity index (χ4v) is 4.16. The zero-order valence-corrected chi connectivity index (χ0v) is 20.7. The molecule has 3 aromatic rings. The average molecular weight is 522 g/mol. The highest BCUT2D eigenvalue weighted by molar-refractivity contribution is 7.18. The van der Waals surface area contributed by atoms with Crippen molar-refractivity contribution in [3.8, 4) is 10.6 Å². The number of nitro benzene ring substituents is 1. The third kappa shape index (κ3) is 6.28. The lowest BCUT2D eigenvalue weighted by Gasteiger charge is -2.28. The topological polar surface area (TPSA) is 118 Å². The van der Waals surface area contributed by atoms with Crippen LogP contribution in [0.3, 0.4) is 0 Å². The minimum absolute atomic E-state index is 0.0155. The number of nitro groups is 1. The molecule has 0 spiro atoms. The van der Waals surface area contributed by atoms with Gasteiger partial charge in [-0.25, -0.2) is 0 Å². The Hall–Kier alpha value is -3.08. The largest absolute Gasteiger partial charge is 0.335 e. The molecule has 9 nitrogen and oxygen atoms in total. The highest BCUT2D eigenvalue weighted by Crippen LogP contribution is 2.28. The number of rotatable bonds is 9. The van der Waals surface area contributed by atoms with E-state index in [-0.39, 0.29) is 41.2 Å². The molecule has 0 bridgehead atoms. The highest BCUT2D eigenvalue weighted by atomic mass is 35.5. The lowest BCUT2D eigenvalue weighted by molar-refractivity contribution is -0.384. The van der Waals surface area contributed by atoms with Gasteiger partial charge in [-0.3, -0.25) is 19.7 Å². The number of carbonyl (C=O) groups is 2. The molecular formula is C22H21Cl2N5O4S. The van der Waals surface area contributed by atoms with Crippen LogP contribution in [0.4, 0.5) is 10.8 Å². The average Bonchev–Trinajstić information content (AvgIpc) is 3.27. The van der Waals surface area contributed by atoms with Gasteiger partial charge in [0.15, 0.2) is 0 Å². The second kappa shape index (κ2) is 11.4. The third-order valence-corrected chi connectivity index (χ3v) is 6.58. The Morgan fingerprint density at radius 2 is 1.88 bits per heavy atom. The number of nitrogens with one attached hydrogen (secondary N) is 1. The standard InChI is InChI=1S/C22H21Cl2N5O4S/c1-3-13(2)28(21(31)15-6-9-17(24)18(12-15)29(32)33)11-10-19(30)25-22-27-26-20(34-22)14-4-7-16(23)8-5-14/h4-9,12-13H,3,10-11H2,1-2H3,(H,25,27,30). The number of hydrogen-bond donors (Lipinski definition) is 1. The molecule has 3 rings (SSSR count). The molecule has 0 fully saturated rings. The van der Waals surface area contributed by atoms with Crippen molar-refractivity contribution in [1.29, 1.82) is 0 Å². The number of halogens is 2. The second-order valence-electron chi connectivity index (χ2n) is 7.40. The quantitative estimate of drug-likeness (QED) is 0.285. The van der Waals surface area contributed by atoms with Crippen LogP contribution in [0, 0.1) is 10.1 Å². The first-order chi connectivity index (χ1) is 16.2. The van der Waals surface area contributed by atoms with Crippen molar-refractivity contribution in [2.75, 3.05) is 11.9 Å². The summed E-state index contributed by atoms with van der Waals surface area (Å²) >= 11 is 13.0. The summed E-state index contributed by atoms with van der Waals surface area (Å²) < 4.78 is 0. The maximum Gasteiger partial charge on any atom is 0.288 e. The van der Waals surface area contributed by atoms with E-state index < -0.39 is 10.8 Å². The summed E-state index contributed by atoms with van der Waals surface area (Å²) in [6, 6.07) is 10.8. The summed E-state index contributed by atoms with van der Waals surface area (Å²) in [5, 5.41) is 23.5. The molecule has 178 valence electrons. The molecule has 1 N–H and O–H groups in total. The summed E-state index contributed by atoms with van der Waals surface area (Å²) in [6.07, 6.45) is 0.658. The van der Waals surface area contributed by atoms with Gasteiger partial charge in [0, 0.05) is 41.2 Å². The minimum Gasteiger partial charge on any atom is -0.335 e. The Labute approximate surface area is 209 Å². The van der Waals surface area contributed by atoms with E-state index in [0.29, 0.717) is 21.6 Å². The zero-order chi connectivity index (χ0) is 24.8. The van der Waals surface area contributed by atoms with Crippen molar-refractivity contribution < 1.29 is 14.5 Å². The van der Waals surface area contributed by atoms with Crippen molar-refractivity contribution in [2.45, 2.75) is 32.7 Å². The molecule has 34 heavy (non-hydrogen) atoms. The van der Waals surface area contributed by atoms with Gasteiger partial charge in [-0.05, 0) is 37.6 Å². The normalized spacial score (nSPS) is 11.6. The van der Waals surface area contributed by atoms with Crippen LogP contribution < -0.4 is 5.32 Å². The van der Waals surface area contributed by atoms with Gasteiger partial charge in [0.1, 0.15) is 10.0 Å². The molecule has 0 aliphatic rings. The van der Waals surface area contributed by atoms with Gasteiger partial charge in [-0.1, -0.05) is 53.6 Å². The highest BCUT2D eigenvalue weighted by Gasteiger charge is 2.24. The van der Waals surface area contributed by atoms with Crippen molar-refractivity contribution >= 4 is 57.2 Å². The van der Waals surface area contributed by atoms with E-state index in [9.17, 15) is 19.7 Å². The fourth-order valence-electron chi connectivity index (χ4n) is 3.08. The van der Waals surface area contributed by atoms with Gasteiger partial charge in [-0.15, -0.1) is 10.2 Å². The van der Waals surface area contributed by atoms with Crippen LogP contribution in [0.1, 0.15) is 37.0 Å². The Bertz CT molecular complexity index is 1200. The maximum absolute atomic E-state index is 13.1. The summed E-state index contributed by atoms with van der Waals surface area (Å²) in [6.45, 7) is 3.89. The van der Waals surface area contributed by atoms with Gasteiger partial charge in [0.2, 0.25) is 11.0 Å². The lowest BCUT2D eigenvalue weighted by atomic mass is 10.1. The minimum atomic E-state index is -0.638. The van der Waals surface area contributed by atoms with Crippen LogP contribution in [-0.4, -0.2) is 44.4 Å². The monoisotopic (exact) mass is 521 g/mol. The number of nitrogens with zero attached hydrogens (tertiary/aromatic N) is 4. The van der Waals surface area contributed by atoms with Gasteiger partial charge in [0.05, 0.1) is 4.92 Å². The fraction of sp³-hybridized carbons (Fsp3) is 0.273. The predicted octanol–water partition coefficient (Wildman–Crippen LogP) is 5.69. The summed E-state index contributed by atoms with van der Waals surface area (Å²) in [5.41, 5.74) is 0.614. The Balaban J connectivity index is 1.67. The molecule has 1 unspecified atom stereocenters. The van der Waals surface area contributed by atoms with Gasteiger partial charge >= 0.3 is 0 Å². The van der Waals surface area contributed by atoms with E-state index >= 15 is 0 Å². The molecule has 1 aromatic heterocycles. The van der Waals surface area contributed by atoms with Gasteiger partial charge < -0.3 is 10.2 Å². The molecule has 0 radical (unpaired) electrons. The molecule has 1 atom stereocenters. The number of benzene rings is 2. The first-order valence-corrected chi connectivity index (χ1v) is 11.9. The maximum atomic E-state index is 13.1. The predicted molar refractivity (Wildman–Crippen MR) is 132 cm³/mol. The Morgan fingerprint density at radius 1 is 1.18 bits per heavy atom. The molecule has 2 amide bonds. The van der Waals surface area contributed by atoms with Crippen LogP contribution in [0.25, 0.3) is 10.6 Å². The molecular weight excluding hydrogens is 501 g/mol. The van der Waals surface area contributed by atoms with Crippen molar-refractivity contribution in [3.05, 3.63) is 68.2 Å². The van der Waals surface area contributed by atoms with Crippen LogP contribution in [0.2, 0.25) is 10.0 Å². The SMILES string of the molecule is CCC(C)N(CCC(=O)Nc1nnc(-c2ccc(Cl)cc2)s1)C(=O)c1ccc(Cl)c([N+](=O)[O-])c1. The molecule has 0 aliphatic heterocycles. The molecule has 12 heteroatoms. The summed E-state index contributed by atoms with van der Waals surface area (Å²) in [4.78, 5) is 37.7. The third-order valence-electron chi connectivity index (χ3n) is 5.12. The number of anilines is 1. The van der Waals surface area contributed by atoms with Crippen LogP contribution >= 0.6 is 34.5 Å². The van der Waals surface area contributed by atoms with E-state index in [1.165, 1.54) is 28.4 Å². The molecule has 0 saturated heterocycles. The Morgan fingerprint density at radius 3 is 2.53 bits per heavy atom. The second-order valence-corrected chi connectivity index (χ2v) is 9.22. The van der Waals surface area contributed by atoms with Crippen LogP contribution in [0.15, 0.2) is 42.5 Å². The molecule has 0 aliphatic carbocycles. The van der Waals surface area contributed by atoms with E-state index in [2.05, 4.69) is 15.5 Å². The zero-order valence-electron chi connectivity index (χ0n) is 18.3. The van der Waals surface area contributed by atoms with Gasteiger partial charge in [-0.2, -0.15) is 0 Å². The first-order valence-electron chi connectivity index (χ1n) is 10.3. The number of amides is 2. The number of carbonyl (C=O) groups excluding carboxylic acids is 2. The number of aromatic nitrogens is 2. The van der Waals surface area contributed by atoms with Crippen molar-refractivity contribution in [1.82, 2.24) is 15.1 Å². The molecule has 1 heterocycles. The van der Waals surface area contributed by atoms with Crippen LogP contribution in [-0.2, 0) is 4.79 Å². The number of hydrogen-bond acceptors (Lipinski definition) is 7. The lowest BCUT2D eigenvalue weighted by Crippen LogP contribution is -2.40. The van der Waals surface area contributed by atoms with Gasteiger partial charge in [0.25, 0.3) is 11.6 Å². The van der Waals surface area contributed by atoms with E-state index in [0.717, 1.165) is 11.6 Å². The summed E-state index contributed by atoms with van der Waals surface area (Å²) in [5.74, 6) is -0.746.